The predicted molar refractivity (Wildman–Crippen MR) is 87.4 cm³/mol. The first-order valence-electron chi connectivity index (χ1n) is 6.94. The van der Waals surface area contributed by atoms with Gasteiger partial charge in [-0.15, -0.1) is 0 Å². The molecule has 0 saturated heterocycles. The van der Waals surface area contributed by atoms with E-state index < -0.39 is 0 Å². The molecule has 2 aromatic rings. The van der Waals surface area contributed by atoms with Crippen LogP contribution in [0, 0.1) is 3.57 Å². The number of nitrogens with zero attached hydrogens (tertiary/aromatic N) is 3. The minimum Gasteiger partial charge on any atom is -0.383 e. The summed E-state index contributed by atoms with van der Waals surface area (Å²) in [6.45, 7) is 0. The van der Waals surface area contributed by atoms with Crippen molar-refractivity contribution in [2.45, 2.75) is 38.0 Å². The number of hydrogen-bond donors (Lipinski definition) is 1. The molecule has 0 aromatic carbocycles. The normalized spacial score (nSPS) is 15.7. The fourth-order valence-corrected chi connectivity index (χ4v) is 3.45. The second-order valence-electron chi connectivity index (χ2n) is 5.24. The van der Waals surface area contributed by atoms with Gasteiger partial charge < -0.3 is 5.73 Å². The molecule has 104 valence electrons. The third-order valence-electron chi connectivity index (χ3n) is 3.78. The van der Waals surface area contributed by atoms with E-state index in [0.717, 1.165) is 20.7 Å². The number of hydrogen-bond acceptors (Lipinski definition) is 4. The highest BCUT2D eigenvalue weighted by atomic mass is 127. The second kappa shape index (κ2) is 6.03. The summed E-state index contributed by atoms with van der Waals surface area (Å²) in [7, 11) is 0. The molecule has 1 aliphatic rings. The van der Waals surface area contributed by atoms with Crippen LogP contribution in [0.25, 0.3) is 0 Å². The lowest BCUT2D eigenvalue weighted by molar-refractivity contribution is 0.681. The van der Waals surface area contributed by atoms with Gasteiger partial charge in [0, 0.05) is 24.7 Å². The number of nitrogens with two attached hydrogens (primary N) is 1. The maximum Gasteiger partial charge on any atom is 0.140 e. The Hall–Kier alpha value is -1.24. The zero-order chi connectivity index (χ0) is 13.9. The first-order valence-corrected chi connectivity index (χ1v) is 8.02. The highest BCUT2D eigenvalue weighted by Gasteiger charge is 2.23. The topological polar surface area (TPSA) is 64.7 Å². The van der Waals surface area contributed by atoms with Crippen molar-refractivity contribution in [3.63, 3.8) is 0 Å². The van der Waals surface area contributed by atoms with Crippen LogP contribution in [0.2, 0.25) is 0 Å². The standard InChI is InChI=1S/C15H17IN4/c16-13-14(11-5-1-2-6-11)19-12(20-15(13)17)8-10-4-3-7-18-9-10/h3-4,7,9,11H,1-2,5-6,8H2,(H2,17,19,20). The van der Waals surface area contributed by atoms with Crippen molar-refractivity contribution in [2.75, 3.05) is 5.73 Å². The van der Waals surface area contributed by atoms with Crippen LogP contribution in [-0.2, 0) is 6.42 Å². The lowest BCUT2D eigenvalue weighted by Gasteiger charge is -2.14. The number of aromatic nitrogens is 3. The van der Waals surface area contributed by atoms with Gasteiger partial charge in [0.2, 0.25) is 0 Å². The fraction of sp³-hybridized carbons (Fsp3) is 0.400. The monoisotopic (exact) mass is 380 g/mol. The summed E-state index contributed by atoms with van der Waals surface area (Å²) in [5.41, 5.74) is 8.33. The maximum atomic E-state index is 6.07. The van der Waals surface area contributed by atoms with Crippen molar-refractivity contribution in [2.24, 2.45) is 0 Å². The largest absolute Gasteiger partial charge is 0.383 e. The van der Waals surface area contributed by atoms with Gasteiger partial charge >= 0.3 is 0 Å². The number of pyridine rings is 1. The lowest BCUT2D eigenvalue weighted by atomic mass is 10.0. The number of rotatable bonds is 3. The predicted octanol–water partition coefficient (Wildman–Crippen LogP) is 3.31. The summed E-state index contributed by atoms with van der Waals surface area (Å²) in [6.07, 6.45) is 9.35. The summed E-state index contributed by atoms with van der Waals surface area (Å²) in [5.74, 6) is 1.97. The van der Waals surface area contributed by atoms with Crippen molar-refractivity contribution < 1.29 is 0 Å². The second-order valence-corrected chi connectivity index (χ2v) is 6.32. The third-order valence-corrected chi connectivity index (χ3v) is 4.88. The van der Waals surface area contributed by atoms with Gasteiger partial charge in [0.25, 0.3) is 0 Å². The van der Waals surface area contributed by atoms with Crippen LogP contribution in [-0.4, -0.2) is 15.0 Å². The minimum absolute atomic E-state index is 0.555. The summed E-state index contributed by atoms with van der Waals surface area (Å²) in [5, 5.41) is 0. The Bertz CT molecular complexity index is 594. The smallest absolute Gasteiger partial charge is 0.140 e. The van der Waals surface area contributed by atoms with E-state index in [1.807, 2.05) is 18.3 Å². The van der Waals surface area contributed by atoms with Gasteiger partial charge in [-0.3, -0.25) is 4.98 Å². The van der Waals surface area contributed by atoms with E-state index >= 15 is 0 Å². The zero-order valence-corrected chi connectivity index (χ0v) is 13.4. The van der Waals surface area contributed by atoms with E-state index in [2.05, 4.69) is 32.6 Å². The Kier molecular flexibility index (Phi) is 4.14. The van der Waals surface area contributed by atoms with Crippen molar-refractivity contribution in [1.82, 2.24) is 15.0 Å². The minimum atomic E-state index is 0.555. The number of nitrogen functional groups attached to an aromatic ring is 1. The number of halogens is 1. The van der Waals surface area contributed by atoms with Crippen molar-refractivity contribution in [1.29, 1.82) is 0 Å². The average Bonchev–Trinajstić information content (AvgIpc) is 2.98. The van der Waals surface area contributed by atoms with Crippen LogP contribution in [0.3, 0.4) is 0 Å². The molecule has 1 saturated carbocycles. The molecule has 0 unspecified atom stereocenters. The third kappa shape index (κ3) is 2.92. The molecule has 0 spiro atoms. The van der Waals surface area contributed by atoms with Crippen molar-refractivity contribution in [3.05, 3.63) is 45.2 Å². The van der Waals surface area contributed by atoms with Gasteiger partial charge in [-0.2, -0.15) is 0 Å². The maximum absolute atomic E-state index is 6.07. The van der Waals surface area contributed by atoms with E-state index in [-0.39, 0.29) is 0 Å². The Balaban J connectivity index is 1.92. The summed E-state index contributed by atoms with van der Waals surface area (Å²) in [6, 6.07) is 3.98. The molecule has 1 fully saturated rings. The molecule has 2 N–H and O–H groups in total. The lowest BCUT2D eigenvalue weighted by Crippen LogP contribution is -2.10. The quantitative estimate of drug-likeness (QED) is 0.830. The first kappa shape index (κ1) is 13.7. The zero-order valence-electron chi connectivity index (χ0n) is 11.2. The number of anilines is 1. The molecule has 0 radical (unpaired) electrons. The molecule has 0 bridgehead atoms. The molecule has 2 heterocycles. The van der Waals surface area contributed by atoms with Crippen LogP contribution in [0.4, 0.5) is 5.82 Å². The summed E-state index contributed by atoms with van der Waals surface area (Å²) < 4.78 is 1.03. The molecule has 0 amide bonds. The van der Waals surface area contributed by atoms with Gasteiger partial charge in [-0.25, -0.2) is 9.97 Å². The van der Waals surface area contributed by atoms with Crippen LogP contribution in [0.1, 0.15) is 48.7 Å². The SMILES string of the molecule is Nc1nc(Cc2cccnc2)nc(C2CCCC2)c1I. The highest BCUT2D eigenvalue weighted by Crippen LogP contribution is 2.36. The Morgan fingerprint density at radius 1 is 1.25 bits per heavy atom. The molecular formula is C15H17IN4. The highest BCUT2D eigenvalue weighted by molar-refractivity contribution is 14.1. The van der Waals surface area contributed by atoms with Crippen molar-refractivity contribution in [3.8, 4) is 0 Å². The van der Waals surface area contributed by atoms with Gasteiger partial charge in [-0.1, -0.05) is 18.9 Å². The van der Waals surface area contributed by atoms with E-state index in [1.165, 1.54) is 25.7 Å². The van der Waals surface area contributed by atoms with Crippen LogP contribution in [0.5, 0.6) is 0 Å². The molecule has 4 nitrogen and oxygen atoms in total. The fourth-order valence-electron chi connectivity index (χ4n) is 2.77. The molecular weight excluding hydrogens is 363 g/mol. The average molecular weight is 380 g/mol. The van der Waals surface area contributed by atoms with Crippen LogP contribution in [0.15, 0.2) is 24.5 Å². The van der Waals surface area contributed by atoms with E-state index in [4.69, 9.17) is 10.7 Å². The Morgan fingerprint density at radius 2 is 2.05 bits per heavy atom. The Labute approximate surface area is 132 Å². The Morgan fingerprint density at radius 3 is 2.75 bits per heavy atom. The first-order chi connectivity index (χ1) is 9.74. The molecule has 0 aliphatic heterocycles. The van der Waals surface area contributed by atoms with Gasteiger partial charge in [0.15, 0.2) is 0 Å². The van der Waals surface area contributed by atoms with E-state index in [1.54, 1.807) is 6.20 Å². The molecule has 1 aliphatic carbocycles. The summed E-state index contributed by atoms with van der Waals surface area (Å²) >= 11 is 2.28. The van der Waals surface area contributed by atoms with Crippen LogP contribution < -0.4 is 5.73 Å². The van der Waals surface area contributed by atoms with Gasteiger partial charge in [0.1, 0.15) is 11.6 Å². The van der Waals surface area contributed by atoms with Gasteiger partial charge in [-0.05, 0) is 47.1 Å². The molecule has 20 heavy (non-hydrogen) atoms. The summed E-state index contributed by atoms with van der Waals surface area (Å²) in [4.78, 5) is 13.3. The van der Waals surface area contributed by atoms with Crippen molar-refractivity contribution >= 4 is 28.4 Å². The van der Waals surface area contributed by atoms with E-state index in [9.17, 15) is 0 Å². The molecule has 0 atom stereocenters. The van der Waals surface area contributed by atoms with Gasteiger partial charge in [0.05, 0.1) is 9.26 Å². The van der Waals surface area contributed by atoms with Crippen LogP contribution >= 0.6 is 22.6 Å². The molecule has 2 aromatic heterocycles. The molecule has 5 heteroatoms. The van der Waals surface area contributed by atoms with E-state index in [0.29, 0.717) is 18.2 Å². The molecule has 3 rings (SSSR count).